The summed E-state index contributed by atoms with van der Waals surface area (Å²) in [6.07, 6.45) is 11.7. The van der Waals surface area contributed by atoms with E-state index in [0.717, 1.165) is 12.8 Å². The number of rotatable bonds is 3. The van der Waals surface area contributed by atoms with Crippen LogP contribution in [0.3, 0.4) is 0 Å². The molecule has 3 aromatic rings. The van der Waals surface area contributed by atoms with E-state index < -0.39 is 0 Å². The van der Waals surface area contributed by atoms with E-state index in [0.29, 0.717) is 0 Å². The molecule has 0 nitrogen and oxygen atoms in total. The largest absolute Gasteiger partial charge is 0.0836 e. The van der Waals surface area contributed by atoms with Crippen LogP contribution >= 0.6 is 15.9 Å². The third kappa shape index (κ3) is 3.19. The minimum absolute atomic E-state index is 1.08. The first-order valence-electron chi connectivity index (χ1n) is 9.96. The van der Waals surface area contributed by atoms with Crippen LogP contribution in [0, 0.1) is 0 Å². The molecule has 3 aromatic carbocycles. The quantitative estimate of drug-likeness (QED) is 0.417. The maximum Gasteiger partial charge on any atom is 0.0177 e. The molecule has 0 bridgehead atoms. The van der Waals surface area contributed by atoms with Crippen LogP contribution in [0.1, 0.15) is 41.5 Å². The van der Waals surface area contributed by atoms with Gasteiger partial charge >= 0.3 is 0 Å². The van der Waals surface area contributed by atoms with Crippen molar-refractivity contribution in [3.05, 3.63) is 99.0 Å². The summed E-state index contributed by atoms with van der Waals surface area (Å²) in [7, 11) is 0. The summed E-state index contributed by atoms with van der Waals surface area (Å²) in [6.45, 7) is 0. The smallest absolute Gasteiger partial charge is 0.0177 e. The van der Waals surface area contributed by atoms with Gasteiger partial charge in [-0.15, -0.1) is 0 Å². The van der Waals surface area contributed by atoms with Crippen molar-refractivity contribution in [2.45, 2.75) is 38.5 Å². The topological polar surface area (TPSA) is 0 Å². The summed E-state index contributed by atoms with van der Waals surface area (Å²) in [5, 5.41) is 2.90. The summed E-state index contributed by atoms with van der Waals surface area (Å²) >= 11 is 3.60. The first-order chi connectivity index (χ1) is 13.3. The molecule has 2 aliphatic rings. The molecule has 5 rings (SSSR count). The van der Waals surface area contributed by atoms with Crippen LogP contribution in [0.4, 0.5) is 0 Å². The van der Waals surface area contributed by atoms with Gasteiger partial charge in [-0.05, 0) is 89.3 Å². The third-order valence-electron chi connectivity index (χ3n) is 6.06. The van der Waals surface area contributed by atoms with Crippen LogP contribution in [0.2, 0.25) is 0 Å². The third-order valence-corrected chi connectivity index (χ3v) is 6.55. The van der Waals surface area contributed by atoms with E-state index in [9.17, 15) is 0 Å². The zero-order chi connectivity index (χ0) is 18.2. The van der Waals surface area contributed by atoms with Crippen LogP contribution in [-0.4, -0.2) is 0 Å². The lowest BCUT2D eigenvalue weighted by Gasteiger charge is -2.26. The van der Waals surface area contributed by atoms with Crippen molar-refractivity contribution in [2.75, 3.05) is 0 Å². The van der Waals surface area contributed by atoms with E-state index in [1.165, 1.54) is 63.2 Å². The van der Waals surface area contributed by atoms with Gasteiger partial charge < -0.3 is 0 Å². The molecule has 0 fully saturated rings. The molecule has 27 heavy (non-hydrogen) atoms. The molecule has 0 saturated carbocycles. The molecule has 0 heterocycles. The molecule has 0 N–H and O–H groups in total. The summed E-state index contributed by atoms with van der Waals surface area (Å²) < 4.78 is 1.17. The highest BCUT2D eigenvalue weighted by Crippen LogP contribution is 2.40. The van der Waals surface area contributed by atoms with Gasteiger partial charge in [-0.1, -0.05) is 76.1 Å². The Hall–Kier alpha value is -2.12. The Morgan fingerprint density at radius 1 is 0.852 bits per heavy atom. The van der Waals surface area contributed by atoms with Crippen molar-refractivity contribution < 1.29 is 0 Å². The van der Waals surface area contributed by atoms with Gasteiger partial charge in [0, 0.05) is 4.47 Å². The van der Waals surface area contributed by atoms with Gasteiger partial charge in [-0.25, -0.2) is 0 Å². The molecular weight excluding hydrogens is 392 g/mol. The molecule has 134 valence electrons. The standard InChI is InChI=1S/C26H23Br/c27-22-9-3-5-18(17-22)11-12-20-7-4-8-21-14-15-24-23-10-2-1-6-19(23)13-16-25(24)26(20)21/h2-5,7-10,14-15,17H,1,6,11-13,16H2. The highest BCUT2D eigenvalue weighted by atomic mass is 79.9. The fourth-order valence-corrected chi connectivity index (χ4v) is 5.20. The maximum atomic E-state index is 3.60. The van der Waals surface area contributed by atoms with Gasteiger partial charge in [-0.3, -0.25) is 0 Å². The number of hydrogen-bond donors (Lipinski definition) is 0. The van der Waals surface area contributed by atoms with Crippen molar-refractivity contribution in [3.63, 3.8) is 0 Å². The minimum atomic E-state index is 1.08. The lowest BCUT2D eigenvalue weighted by Crippen LogP contribution is -2.08. The Kier molecular flexibility index (Phi) is 4.49. The van der Waals surface area contributed by atoms with Crippen LogP contribution < -0.4 is 0 Å². The molecule has 0 aliphatic heterocycles. The van der Waals surface area contributed by atoms with Gasteiger partial charge in [-0.2, -0.15) is 0 Å². The van der Waals surface area contributed by atoms with E-state index >= 15 is 0 Å². The van der Waals surface area contributed by atoms with Crippen molar-refractivity contribution in [2.24, 2.45) is 0 Å². The summed E-state index contributed by atoms with van der Waals surface area (Å²) in [4.78, 5) is 0. The maximum absolute atomic E-state index is 3.60. The van der Waals surface area contributed by atoms with E-state index in [2.05, 4.69) is 82.7 Å². The minimum Gasteiger partial charge on any atom is -0.0836 e. The van der Waals surface area contributed by atoms with Gasteiger partial charge in [0.15, 0.2) is 0 Å². The van der Waals surface area contributed by atoms with E-state index in [1.807, 2.05) is 0 Å². The second kappa shape index (κ2) is 7.13. The highest BCUT2D eigenvalue weighted by molar-refractivity contribution is 9.10. The van der Waals surface area contributed by atoms with Crippen molar-refractivity contribution >= 4 is 32.3 Å². The average molecular weight is 415 g/mol. The van der Waals surface area contributed by atoms with Crippen LogP contribution in [-0.2, 0) is 19.3 Å². The number of halogens is 1. The molecule has 0 unspecified atom stereocenters. The summed E-state index contributed by atoms with van der Waals surface area (Å²) in [5.41, 5.74) is 9.11. The summed E-state index contributed by atoms with van der Waals surface area (Å²) in [6, 6.07) is 20.2. The van der Waals surface area contributed by atoms with Crippen molar-refractivity contribution in [1.29, 1.82) is 0 Å². The predicted molar refractivity (Wildman–Crippen MR) is 119 cm³/mol. The normalized spacial score (nSPS) is 15.7. The predicted octanol–water partition coefficient (Wildman–Crippen LogP) is 7.44. The highest BCUT2D eigenvalue weighted by Gasteiger charge is 2.21. The number of fused-ring (bicyclic) bond motifs is 4. The molecule has 0 atom stereocenters. The Morgan fingerprint density at radius 2 is 1.78 bits per heavy atom. The molecular formula is C26H23Br. The Balaban J connectivity index is 1.58. The van der Waals surface area contributed by atoms with Crippen LogP contribution in [0.5, 0.6) is 0 Å². The Morgan fingerprint density at radius 3 is 2.70 bits per heavy atom. The number of aryl methyl sites for hydroxylation is 3. The van der Waals surface area contributed by atoms with E-state index in [4.69, 9.17) is 0 Å². The van der Waals surface area contributed by atoms with Crippen molar-refractivity contribution in [1.82, 2.24) is 0 Å². The van der Waals surface area contributed by atoms with Crippen LogP contribution in [0.15, 0.2) is 76.8 Å². The second-order valence-electron chi connectivity index (χ2n) is 7.70. The van der Waals surface area contributed by atoms with Crippen molar-refractivity contribution in [3.8, 4) is 0 Å². The Bertz CT molecular complexity index is 1080. The van der Waals surface area contributed by atoms with Gasteiger partial charge in [0.25, 0.3) is 0 Å². The Labute approximate surface area is 169 Å². The van der Waals surface area contributed by atoms with E-state index in [1.54, 1.807) is 11.1 Å². The monoisotopic (exact) mass is 414 g/mol. The van der Waals surface area contributed by atoms with E-state index in [-0.39, 0.29) is 0 Å². The molecule has 0 aromatic heterocycles. The zero-order valence-corrected chi connectivity index (χ0v) is 17.1. The first kappa shape index (κ1) is 17.0. The zero-order valence-electron chi connectivity index (χ0n) is 15.5. The van der Waals surface area contributed by atoms with Gasteiger partial charge in [0.05, 0.1) is 0 Å². The molecule has 0 spiro atoms. The molecule has 0 amide bonds. The second-order valence-corrected chi connectivity index (χ2v) is 8.61. The summed E-state index contributed by atoms with van der Waals surface area (Å²) in [5.74, 6) is 0. The number of allylic oxidation sites excluding steroid dienone is 4. The van der Waals surface area contributed by atoms with Crippen LogP contribution in [0.25, 0.3) is 16.3 Å². The lowest BCUT2D eigenvalue weighted by molar-refractivity contribution is 0.830. The van der Waals surface area contributed by atoms with Gasteiger partial charge in [0.1, 0.15) is 0 Å². The average Bonchev–Trinajstić information content (AvgIpc) is 2.71. The number of hydrogen-bond acceptors (Lipinski definition) is 0. The first-order valence-corrected chi connectivity index (χ1v) is 10.8. The fraction of sp³-hybridized carbons (Fsp3) is 0.231. The molecule has 0 radical (unpaired) electrons. The molecule has 1 heteroatoms. The van der Waals surface area contributed by atoms with Gasteiger partial charge in [0.2, 0.25) is 0 Å². The number of benzene rings is 3. The lowest BCUT2D eigenvalue weighted by atomic mass is 9.78. The fourth-order valence-electron chi connectivity index (χ4n) is 4.75. The molecule has 2 aliphatic carbocycles. The SMILES string of the molecule is Brc1cccc(CCc2cccc3ccc4c(c23)CCC2=C4C=CCC2)c1. The molecule has 0 saturated heterocycles.